The van der Waals surface area contributed by atoms with Gasteiger partial charge in [0.1, 0.15) is 11.3 Å². The second-order valence-electron chi connectivity index (χ2n) is 3.90. The first-order chi connectivity index (χ1) is 8.06. The molecule has 0 atom stereocenters. The summed E-state index contributed by atoms with van der Waals surface area (Å²) in [5, 5.41) is 9.06. The molecule has 1 amide bonds. The summed E-state index contributed by atoms with van der Waals surface area (Å²) in [6, 6.07) is 3.12. The maximum absolute atomic E-state index is 11.5. The minimum absolute atomic E-state index is 0.0302. The number of fused-ring (bicyclic) bond motifs is 1. The van der Waals surface area contributed by atoms with Crippen LogP contribution in [0.15, 0.2) is 12.1 Å². The van der Waals surface area contributed by atoms with Crippen molar-refractivity contribution in [3.05, 3.63) is 23.3 Å². The molecule has 1 N–H and O–H groups in total. The number of hydrogen-bond acceptors (Lipinski definition) is 3. The zero-order valence-corrected chi connectivity index (χ0v) is 9.69. The maximum Gasteiger partial charge on any atom is 0.339 e. The number of carbonyl (C=O) groups excluding carboxylic acids is 1. The second kappa shape index (κ2) is 4.08. The summed E-state index contributed by atoms with van der Waals surface area (Å²) in [6.45, 7) is 0. The summed E-state index contributed by atoms with van der Waals surface area (Å²) in [4.78, 5) is 24.1. The summed E-state index contributed by atoms with van der Waals surface area (Å²) in [6.07, 6.45) is 0.895. The van der Waals surface area contributed by atoms with Gasteiger partial charge in [-0.25, -0.2) is 4.79 Å². The molecule has 5 heteroatoms. The van der Waals surface area contributed by atoms with Gasteiger partial charge < -0.3 is 14.7 Å². The Bertz CT molecular complexity index is 496. The number of amides is 1. The Kier molecular flexibility index (Phi) is 2.75. The van der Waals surface area contributed by atoms with Crippen LogP contribution >= 0.6 is 0 Å². The molecule has 1 aliphatic heterocycles. The largest absolute Gasteiger partial charge is 0.495 e. The Morgan fingerprint density at radius 1 is 1.41 bits per heavy atom. The van der Waals surface area contributed by atoms with Crippen molar-refractivity contribution in [3.63, 3.8) is 0 Å². The van der Waals surface area contributed by atoms with Crippen LogP contribution in [0.5, 0.6) is 5.75 Å². The molecule has 1 aromatic rings. The normalized spacial score (nSPS) is 14.5. The monoisotopic (exact) mass is 235 g/mol. The molecule has 0 bridgehead atoms. The standard InChI is InChI=1S/C12H13NO4/c1-13-9-5-3-8(12(15)16)11(17-2)7(9)4-6-10(13)14/h3,5H,4,6H2,1-2H3,(H,15,16). The van der Waals surface area contributed by atoms with E-state index < -0.39 is 5.97 Å². The highest BCUT2D eigenvalue weighted by Gasteiger charge is 2.26. The Hall–Kier alpha value is -2.04. The van der Waals surface area contributed by atoms with Crippen molar-refractivity contribution in [1.29, 1.82) is 0 Å². The van der Waals surface area contributed by atoms with Crippen LogP contribution in [-0.2, 0) is 11.2 Å². The summed E-state index contributed by atoms with van der Waals surface area (Å²) in [7, 11) is 3.12. The van der Waals surface area contributed by atoms with E-state index in [9.17, 15) is 9.59 Å². The van der Waals surface area contributed by atoms with Crippen LogP contribution in [0, 0.1) is 0 Å². The number of ether oxygens (including phenoxy) is 1. The van der Waals surface area contributed by atoms with Gasteiger partial charge in [0, 0.05) is 19.0 Å². The van der Waals surface area contributed by atoms with E-state index in [4.69, 9.17) is 9.84 Å². The van der Waals surface area contributed by atoms with Crippen LogP contribution < -0.4 is 9.64 Å². The van der Waals surface area contributed by atoms with Gasteiger partial charge in [-0.15, -0.1) is 0 Å². The molecule has 1 heterocycles. The van der Waals surface area contributed by atoms with E-state index in [-0.39, 0.29) is 11.5 Å². The van der Waals surface area contributed by atoms with E-state index in [1.807, 2.05) is 0 Å². The number of nitrogens with zero attached hydrogens (tertiary/aromatic N) is 1. The highest BCUT2D eigenvalue weighted by atomic mass is 16.5. The zero-order chi connectivity index (χ0) is 12.6. The number of benzene rings is 1. The third kappa shape index (κ3) is 1.73. The van der Waals surface area contributed by atoms with Crippen LogP contribution in [0.3, 0.4) is 0 Å². The molecular formula is C12H13NO4. The van der Waals surface area contributed by atoms with Gasteiger partial charge in [-0.3, -0.25) is 4.79 Å². The third-order valence-electron chi connectivity index (χ3n) is 2.99. The first-order valence-corrected chi connectivity index (χ1v) is 5.26. The molecule has 1 aromatic carbocycles. The molecule has 2 rings (SSSR count). The Morgan fingerprint density at radius 3 is 2.71 bits per heavy atom. The van der Waals surface area contributed by atoms with Crippen LogP contribution in [0.4, 0.5) is 5.69 Å². The Labute approximate surface area is 98.6 Å². The number of rotatable bonds is 2. The molecule has 0 aromatic heterocycles. The van der Waals surface area contributed by atoms with E-state index >= 15 is 0 Å². The molecule has 5 nitrogen and oxygen atoms in total. The average molecular weight is 235 g/mol. The number of anilines is 1. The number of aromatic carboxylic acids is 1. The molecule has 0 unspecified atom stereocenters. The Balaban J connectivity index is 2.62. The van der Waals surface area contributed by atoms with Gasteiger partial charge in [-0.05, 0) is 18.6 Å². The van der Waals surface area contributed by atoms with Gasteiger partial charge in [-0.2, -0.15) is 0 Å². The lowest BCUT2D eigenvalue weighted by atomic mass is 9.97. The van der Waals surface area contributed by atoms with Gasteiger partial charge in [0.15, 0.2) is 0 Å². The van der Waals surface area contributed by atoms with Crippen LogP contribution in [0.25, 0.3) is 0 Å². The molecule has 0 radical (unpaired) electrons. The van der Waals surface area contributed by atoms with Gasteiger partial charge in [0.05, 0.1) is 12.8 Å². The van der Waals surface area contributed by atoms with E-state index in [0.29, 0.717) is 18.6 Å². The summed E-state index contributed by atoms with van der Waals surface area (Å²) < 4.78 is 5.17. The van der Waals surface area contributed by atoms with E-state index in [0.717, 1.165) is 11.3 Å². The van der Waals surface area contributed by atoms with Crippen LogP contribution in [0.1, 0.15) is 22.3 Å². The Morgan fingerprint density at radius 2 is 2.12 bits per heavy atom. The number of methoxy groups -OCH3 is 1. The van der Waals surface area contributed by atoms with Gasteiger partial charge in [0.2, 0.25) is 5.91 Å². The smallest absolute Gasteiger partial charge is 0.339 e. The quantitative estimate of drug-likeness (QED) is 0.839. The van der Waals surface area contributed by atoms with E-state index in [1.165, 1.54) is 18.1 Å². The molecule has 90 valence electrons. The van der Waals surface area contributed by atoms with Gasteiger partial charge in [-0.1, -0.05) is 0 Å². The van der Waals surface area contributed by atoms with Crippen molar-refractivity contribution in [2.45, 2.75) is 12.8 Å². The third-order valence-corrected chi connectivity index (χ3v) is 2.99. The number of carboxylic acid groups (broad SMARTS) is 1. The summed E-state index contributed by atoms with van der Waals surface area (Å²) >= 11 is 0. The highest BCUT2D eigenvalue weighted by molar-refractivity contribution is 5.99. The predicted molar refractivity (Wildman–Crippen MR) is 61.7 cm³/mol. The minimum atomic E-state index is -1.02. The lowest BCUT2D eigenvalue weighted by Crippen LogP contribution is -2.31. The summed E-state index contributed by atoms with van der Waals surface area (Å²) in [5.41, 5.74) is 1.64. The molecule has 1 aliphatic rings. The van der Waals surface area contributed by atoms with Crippen molar-refractivity contribution < 1.29 is 19.4 Å². The molecule has 17 heavy (non-hydrogen) atoms. The first kappa shape index (κ1) is 11.4. The lowest BCUT2D eigenvalue weighted by molar-refractivity contribution is -0.118. The first-order valence-electron chi connectivity index (χ1n) is 5.26. The van der Waals surface area contributed by atoms with Crippen molar-refractivity contribution in [1.82, 2.24) is 0 Å². The maximum atomic E-state index is 11.5. The molecular weight excluding hydrogens is 222 g/mol. The molecule has 0 saturated carbocycles. The van der Waals surface area contributed by atoms with Crippen LogP contribution in [-0.4, -0.2) is 31.1 Å². The van der Waals surface area contributed by atoms with E-state index in [2.05, 4.69) is 0 Å². The minimum Gasteiger partial charge on any atom is -0.495 e. The highest BCUT2D eigenvalue weighted by Crippen LogP contribution is 2.36. The second-order valence-corrected chi connectivity index (χ2v) is 3.90. The molecule has 0 saturated heterocycles. The average Bonchev–Trinajstić information content (AvgIpc) is 2.32. The van der Waals surface area contributed by atoms with Crippen molar-refractivity contribution in [3.8, 4) is 5.75 Å². The van der Waals surface area contributed by atoms with Crippen LogP contribution in [0.2, 0.25) is 0 Å². The fraction of sp³-hybridized carbons (Fsp3) is 0.333. The number of carbonyl (C=O) groups is 2. The number of hydrogen-bond donors (Lipinski definition) is 1. The van der Waals surface area contributed by atoms with Gasteiger partial charge in [0.25, 0.3) is 0 Å². The van der Waals surface area contributed by atoms with Crippen molar-refractivity contribution in [2.24, 2.45) is 0 Å². The van der Waals surface area contributed by atoms with Gasteiger partial charge >= 0.3 is 5.97 Å². The topological polar surface area (TPSA) is 66.8 Å². The fourth-order valence-electron chi connectivity index (χ4n) is 2.11. The van der Waals surface area contributed by atoms with Crippen molar-refractivity contribution >= 4 is 17.6 Å². The fourth-order valence-corrected chi connectivity index (χ4v) is 2.11. The van der Waals surface area contributed by atoms with Crippen molar-refractivity contribution in [2.75, 3.05) is 19.1 Å². The molecule has 0 fully saturated rings. The predicted octanol–water partition coefficient (Wildman–Crippen LogP) is 1.30. The molecule has 0 aliphatic carbocycles. The SMILES string of the molecule is COc1c(C(=O)O)ccc2c1CCC(=O)N2C. The molecule has 0 spiro atoms. The summed E-state index contributed by atoms with van der Waals surface area (Å²) in [5.74, 6) is -0.638. The lowest BCUT2D eigenvalue weighted by Gasteiger charge is -2.27. The zero-order valence-electron chi connectivity index (χ0n) is 9.69. The van der Waals surface area contributed by atoms with E-state index in [1.54, 1.807) is 13.1 Å². The number of carboxylic acids is 1.